The number of hydrogen-bond acceptors (Lipinski definition) is 4. The van der Waals surface area contributed by atoms with E-state index in [0.717, 1.165) is 63.6 Å². The molecule has 2 amide bonds. The summed E-state index contributed by atoms with van der Waals surface area (Å²) in [6.07, 6.45) is 9.42. The molecule has 3 heterocycles. The maximum absolute atomic E-state index is 13.6. The van der Waals surface area contributed by atoms with Gasteiger partial charge in [-0.1, -0.05) is 30.7 Å². The fourth-order valence-electron chi connectivity index (χ4n) is 8.04. The van der Waals surface area contributed by atoms with Gasteiger partial charge in [0.1, 0.15) is 5.75 Å². The van der Waals surface area contributed by atoms with Gasteiger partial charge in [-0.05, 0) is 105 Å². The van der Waals surface area contributed by atoms with Crippen molar-refractivity contribution in [2.24, 2.45) is 23.2 Å². The highest BCUT2D eigenvalue weighted by atomic mass is 19.4. The van der Waals surface area contributed by atoms with Crippen molar-refractivity contribution in [1.29, 1.82) is 0 Å². The van der Waals surface area contributed by atoms with Crippen molar-refractivity contribution in [1.82, 2.24) is 9.80 Å². The number of anilines is 1. The summed E-state index contributed by atoms with van der Waals surface area (Å²) in [5.41, 5.74) is 3.01. The maximum atomic E-state index is 13.6. The topological polar surface area (TPSA) is 52.9 Å². The van der Waals surface area contributed by atoms with Gasteiger partial charge >= 0.3 is 6.36 Å². The van der Waals surface area contributed by atoms with Gasteiger partial charge in [0.2, 0.25) is 11.8 Å². The van der Waals surface area contributed by atoms with E-state index in [9.17, 15) is 22.8 Å². The van der Waals surface area contributed by atoms with E-state index in [1.54, 1.807) is 12.1 Å². The van der Waals surface area contributed by atoms with Gasteiger partial charge in [0, 0.05) is 56.6 Å². The number of alkyl halides is 3. The summed E-state index contributed by atoms with van der Waals surface area (Å²) in [6, 6.07) is 14.7. The number of nitrogens with zero attached hydrogens (tertiary/aromatic N) is 3. The molecule has 7 rings (SSSR count). The van der Waals surface area contributed by atoms with Gasteiger partial charge in [-0.15, -0.1) is 13.2 Å². The Morgan fingerprint density at radius 3 is 2.22 bits per heavy atom. The normalized spacial score (nSPS) is 27.9. The fourth-order valence-corrected chi connectivity index (χ4v) is 8.04. The lowest BCUT2D eigenvalue weighted by molar-refractivity contribution is -0.274. The zero-order chi connectivity index (χ0) is 31.2. The number of hydrogen-bond donors (Lipinski definition) is 0. The number of likely N-dealkylation sites (tertiary alicyclic amines) is 2. The van der Waals surface area contributed by atoms with Crippen molar-refractivity contribution >= 4 is 17.5 Å². The smallest absolute Gasteiger partial charge is 0.406 e. The van der Waals surface area contributed by atoms with E-state index in [1.807, 2.05) is 4.90 Å². The predicted octanol–water partition coefficient (Wildman–Crippen LogP) is 7.61. The number of halogens is 3. The minimum atomic E-state index is -4.72. The molecule has 5 aliphatic rings. The van der Waals surface area contributed by atoms with Crippen LogP contribution in [0, 0.1) is 23.2 Å². The highest BCUT2D eigenvalue weighted by Gasteiger charge is 2.48. The molecule has 2 saturated heterocycles. The molecule has 3 aliphatic heterocycles. The lowest BCUT2D eigenvalue weighted by Crippen LogP contribution is -2.37. The van der Waals surface area contributed by atoms with Crippen LogP contribution in [0.2, 0.25) is 0 Å². The van der Waals surface area contributed by atoms with E-state index in [-0.39, 0.29) is 17.1 Å². The lowest BCUT2D eigenvalue weighted by atomic mass is 9.68. The molecule has 2 saturated carbocycles. The standard InChI is InChI=1S/C36H42F3N3O3/c37-36(38,39)45-31-11-4-27(5-12-31)22-41-18-17-35(34(41)44)15-13-25(14-16-35)3-6-29-23-42(33(43)21-26-1-2-26)24-32(29)28-7-9-30(10-8-28)40-19-20-40/h4-5,7-12,19-20,25-26,29,32H,1-3,6,13-18,21-24H2/t25?,29-,32+,35?/m0/s1. The van der Waals surface area contributed by atoms with Crippen molar-refractivity contribution in [3.05, 3.63) is 72.1 Å². The molecule has 4 fully saturated rings. The molecule has 6 nitrogen and oxygen atoms in total. The highest BCUT2D eigenvalue weighted by molar-refractivity contribution is 5.85. The molecule has 2 aliphatic carbocycles. The van der Waals surface area contributed by atoms with Crippen molar-refractivity contribution in [3.8, 4) is 5.75 Å². The van der Waals surface area contributed by atoms with Gasteiger partial charge in [0.25, 0.3) is 0 Å². The summed E-state index contributed by atoms with van der Waals surface area (Å²) in [4.78, 5) is 32.8. The molecule has 0 N–H and O–H groups in total. The quantitative estimate of drug-likeness (QED) is 0.274. The van der Waals surface area contributed by atoms with Crippen LogP contribution < -0.4 is 9.64 Å². The Balaban J connectivity index is 0.924. The van der Waals surface area contributed by atoms with Gasteiger partial charge in [-0.3, -0.25) is 9.59 Å². The summed E-state index contributed by atoms with van der Waals surface area (Å²) < 4.78 is 41.5. The first kappa shape index (κ1) is 30.2. The number of benzene rings is 2. The van der Waals surface area contributed by atoms with Gasteiger partial charge in [-0.2, -0.15) is 0 Å². The van der Waals surface area contributed by atoms with Crippen molar-refractivity contribution in [2.75, 3.05) is 24.5 Å². The Bertz CT molecular complexity index is 1410. The average molecular weight is 622 g/mol. The number of carbonyl (C=O) groups is 2. The minimum Gasteiger partial charge on any atom is -0.406 e. The molecular formula is C36H42F3N3O3. The van der Waals surface area contributed by atoms with Gasteiger partial charge < -0.3 is 19.4 Å². The Morgan fingerprint density at radius 2 is 1.58 bits per heavy atom. The SMILES string of the molecule is O=C(CC1CC1)N1C[C@H](CCC2CCC3(CC2)CCN(Cc2ccc(OC(F)(F)F)cc2)C3=O)[C@@H](c2ccc(N3C=C3)cc2)C1. The molecule has 0 aromatic heterocycles. The van der Waals surface area contributed by atoms with Crippen molar-refractivity contribution in [3.63, 3.8) is 0 Å². The second-order valence-electron chi connectivity index (χ2n) is 14.1. The van der Waals surface area contributed by atoms with E-state index < -0.39 is 6.36 Å². The van der Waals surface area contributed by atoms with Crippen LogP contribution in [0.25, 0.3) is 0 Å². The van der Waals surface area contributed by atoms with Crippen LogP contribution in [0.1, 0.15) is 81.3 Å². The first-order chi connectivity index (χ1) is 21.6. The van der Waals surface area contributed by atoms with Crippen LogP contribution >= 0.6 is 0 Å². The molecule has 1 spiro atoms. The first-order valence-corrected chi connectivity index (χ1v) is 16.6. The average Bonchev–Trinajstić information content (AvgIpc) is 3.96. The number of ether oxygens (including phenoxy) is 1. The van der Waals surface area contributed by atoms with E-state index in [1.165, 1.54) is 36.2 Å². The largest absolute Gasteiger partial charge is 0.573 e. The molecule has 2 atom stereocenters. The number of carbonyl (C=O) groups excluding carboxylic acids is 2. The highest BCUT2D eigenvalue weighted by Crippen LogP contribution is 2.48. The minimum absolute atomic E-state index is 0.193. The summed E-state index contributed by atoms with van der Waals surface area (Å²) in [5, 5.41) is 0. The Hall–Kier alpha value is -3.49. The Labute approximate surface area is 263 Å². The first-order valence-electron chi connectivity index (χ1n) is 16.6. The molecule has 45 heavy (non-hydrogen) atoms. The van der Waals surface area contributed by atoms with Crippen LogP contribution in [0.3, 0.4) is 0 Å². The number of rotatable bonds is 10. The van der Waals surface area contributed by atoms with Crippen LogP contribution in [-0.4, -0.2) is 47.6 Å². The molecule has 2 aromatic rings. The van der Waals surface area contributed by atoms with Crippen molar-refractivity contribution in [2.45, 2.75) is 83.0 Å². The van der Waals surface area contributed by atoms with E-state index in [2.05, 4.69) is 51.2 Å². The van der Waals surface area contributed by atoms with Crippen LogP contribution in [-0.2, 0) is 16.1 Å². The molecular weight excluding hydrogens is 579 g/mol. The third kappa shape index (κ3) is 7.02. The second kappa shape index (κ2) is 12.0. The summed E-state index contributed by atoms with van der Waals surface area (Å²) in [7, 11) is 0. The third-order valence-corrected chi connectivity index (χ3v) is 11.0. The lowest BCUT2D eigenvalue weighted by Gasteiger charge is -2.36. The molecule has 2 aromatic carbocycles. The van der Waals surface area contributed by atoms with Crippen LogP contribution in [0.4, 0.5) is 18.9 Å². The van der Waals surface area contributed by atoms with Crippen molar-refractivity contribution < 1.29 is 27.5 Å². The molecule has 0 bridgehead atoms. The number of amides is 2. The van der Waals surface area contributed by atoms with E-state index in [4.69, 9.17) is 0 Å². The molecule has 9 heteroatoms. The fraction of sp³-hybridized carbons (Fsp3) is 0.556. The Morgan fingerprint density at radius 1 is 0.867 bits per heavy atom. The second-order valence-corrected chi connectivity index (χ2v) is 14.1. The maximum Gasteiger partial charge on any atom is 0.573 e. The Kier molecular flexibility index (Phi) is 8.07. The predicted molar refractivity (Wildman–Crippen MR) is 165 cm³/mol. The molecule has 0 unspecified atom stereocenters. The third-order valence-electron chi connectivity index (χ3n) is 11.0. The van der Waals surface area contributed by atoms with Gasteiger partial charge in [-0.25, -0.2) is 0 Å². The summed E-state index contributed by atoms with van der Waals surface area (Å²) >= 11 is 0. The van der Waals surface area contributed by atoms with Gasteiger partial charge in [0.05, 0.1) is 5.41 Å². The summed E-state index contributed by atoms with van der Waals surface area (Å²) in [6.45, 7) is 2.75. The van der Waals surface area contributed by atoms with Crippen LogP contribution in [0.5, 0.6) is 5.75 Å². The zero-order valence-corrected chi connectivity index (χ0v) is 25.7. The van der Waals surface area contributed by atoms with Gasteiger partial charge in [0.15, 0.2) is 0 Å². The summed E-state index contributed by atoms with van der Waals surface area (Å²) in [5.74, 6) is 2.26. The zero-order valence-electron chi connectivity index (χ0n) is 25.7. The molecule has 240 valence electrons. The van der Waals surface area contributed by atoms with E-state index >= 15 is 0 Å². The monoisotopic (exact) mass is 621 g/mol. The van der Waals surface area contributed by atoms with E-state index in [0.29, 0.717) is 49.1 Å². The van der Waals surface area contributed by atoms with Crippen LogP contribution in [0.15, 0.2) is 60.9 Å². The molecule has 0 radical (unpaired) electrons.